The first kappa shape index (κ1) is 56.5. The van der Waals surface area contributed by atoms with Gasteiger partial charge in [0.1, 0.15) is 39.7 Å². The highest BCUT2D eigenvalue weighted by molar-refractivity contribution is 7.89. The molecule has 6 aliphatic rings. The predicted molar refractivity (Wildman–Crippen MR) is 273 cm³/mol. The van der Waals surface area contributed by atoms with Crippen LogP contribution in [-0.4, -0.2) is 168 Å². The van der Waals surface area contributed by atoms with Crippen LogP contribution in [0.2, 0.25) is 10.0 Å². The van der Waals surface area contributed by atoms with E-state index in [1.807, 2.05) is 46.7 Å². The molecule has 1 aromatic heterocycles. The number of rotatable bonds is 16. The Morgan fingerprint density at radius 2 is 1.49 bits per heavy atom. The average molecular weight is 1110 g/mol. The van der Waals surface area contributed by atoms with Gasteiger partial charge in [0.2, 0.25) is 33.4 Å². The van der Waals surface area contributed by atoms with E-state index >= 15 is 0 Å². The number of nitrogens with one attached hydrogen (secondary N) is 1. The van der Waals surface area contributed by atoms with Gasteiger partial charge in [-0.2, -0.15) is 17.9 Å². The number of pyridine rings is 1. The fraction of sp³-hybridized carbons (Fsp3) is 0.490. The molecule has 8 N–H and O–H groups in total. The number of halogens is 5. The summed E-state index contributed by atoms with van der Waals surface area (Å²) in [5, 5.41) is 8.21. The molecule has 0 spiro atoms. The molecular weight excluding hydrogens is 1050 g/mol. The molecule has 1 atom stereocenters. The summed E-state index contributed by atoms with van der Waals surface area (Å²) >= 11 is 13.3. The van der Waals surface area contributed by atoms with Crippen molar-refractivity contribution in [1.82, 2.24) is 34.2 Å². The Kier molecular flexibility index (Phi) is 17.6. The molecular formula is C49H60Cl2F3N11O9S. The molecule has 20 nitrogen and oxygen atoms in total. The van der Waals surface area contributed by atoms with Crippen molar-refractivity contribution < 1.29 is 55.4 Å². The molecule has 0 bridgehead atoms. The van der Waals surface area contributed by atoms with Crippen LogP contribution < -0.4 is 26.7 Å². The molecule has 406 valence electrons. The van der Waals surface area contributed by atoms with Crippen LogP contribution in [0.4, 0.5) is 13.2 Å². The average Bonchev–Trinajstić information content (AvgIpc) is 4.22. The first-order valence-corrected chi connectivity index (χ1v) is 26.7. The van der Waals surface area contributed by atoms with Gasteiger partial charge in [-0.1, -0.05) is 48.2 Å². The fourth-order valence-corrected chi connectivity index (χ4v) is 11.4. The van der Waals surface area contributed by atoms with Crippen LogP contribution in [0.15, 0.2) is 69.5 Å². The number of fused-ring (bicyclic) bond motifs is 1. The maximum absolute atomic E-state index is 14.1. The van der Waals surface area contributed by atoms with Crippen molar-refractivity contribution in [3.8, 4) is 5.75 Å². The Balaban J connectivity index is 0.000000276. The molecule has 5 heterocycles. The molecule has 2 aliphatic carbocycles. The minimum absolute atomic E-state index is 0.00546. The summed E-state index contributed by atoms with van der Waals surface area (Å²) in [5.74, 6) is -2.67. The lowest BCUT2D eigenvalue weighted by molar-refractivity contribution is -0.192. The minimum Gasteiger partial charge on any atom is -0.487 e. The summed E-state index contributed by atoms with van der Waals surface area (Å²) in [6, 6.07) is 9.73. The van der Waals surface area contributed by atoms with E-state index in [1.54, 1.807) is 15.9 Å². The van der Waals surface area contributed by atoms with Crippen molar-refractivity contribution in [3.63, 3.8) is 0 Å². The topological polar surface area (TPSA) is 280 Å². The number of Topliss-reactive ketones (excluding diaryl/α,β-unsaturated/α-hetero) is 1. The van der Waals surface area contributed by atoms with Crippen molar-refractivity contribution in [2.75, 3.05) is 72.0 Å². The monoisotopic (exact) mass is 1110 g/mol. The van der Waals surface area contributed by atoms with Gasteiger partial charge in [0.05, 0.1) is 16.8 Å². The summed E-state index contributed by atoms with van der Waals surface area (Å²) < 4.78 is 68.7. The SMILES string of the molecule is Cc1cc(C)c2cccc(OCc3c(Cl)ccc(S(=O)(=O)NC4(C(=O)N5CCN(C(=O)C(N)CCCCN=C(N)N)CC5)CCCC4)c3Cl)c2n1.O=C(O)C(F)(F)F.O=C1C=C(N2CC2)C(=O)C(N2CC2)=C1N1CC1. The molecule has 2 aromatic carbocycles. The number of para-hydroxylation sites is 1. The van der Waals surface area contributed by atoms with Crippen molar-refractivity contribution >= 4 is 79.4 Å². The Morgan fingerprint density at radius 3 is 2.08 bits per heavy atom. The number of piperazine rings is 1. The maximum atomic E-state index is 14.1. The molecule has 9 rings (SSSR count). The number of ether oxygens (including phenoxy) is 1. The maximum Gasteiger partial charge on any atom is 0.490 e. The van der Waals surface area contributed by atoms with Crippen LogP contribution in [-0.2, 0) is 40.6 Å². The van der Waals surface area contributed by atoms with E-state index in [9.17, 15) is 40.8 Å². The zero-order valence-electron chi connectivity index (χ0n) is 41.4. The zero-order chi connectivity index (χ0) is 54.6. The van der Waals surface area contributed by atoms with E-state index in [0.29, 0.717) is 98.5 Å². The van der Waals surface area contributed by atoms with Crippen LogP contribution in [0, 0.1) is 13.8 Å². The van der Waals surface area contributed by atoms with Crippen LogP contribution in [0.1, 0.15) is 61.8 Å². The summed E-state index contributed by atoms with van der Waals surface area (Å²) in [6.07, 6.45) is 0.355. The number of ketones is 2. The summed E-state index contributed by atoms with van der Waals surface area (Å²) in [7, 11) is -4.30. The number of aliphatic carboxylic acids is 1. The number of unbranched alkanes of at least 4 members (excludes halogenated alkanes) is 1. The number of aryl methyl sites for hydroxylation is 2. The Labute approximate surface area is 441 Å². The molecule has 2 amide bonds. The third kappa shape index (κ3) is 13.8. The van der Waals surface area contributed by atoms with Crippen LogP contribution >= 0.6 is 23.2 Å². The number of nitrogens with two attached hydrogens (primary N) is 3. The highest BCUT2D eigenvalue weighted by atomic mass is 35.5. The number of benzene rings is 2. The van der Waals surface area contributed by atoms with Gasteiger partial charge in [-0.05, 0) is 75.8 Å². The highest BCUT2D eigenvalue weighted by Gasteiger charge is 2.48. The molecule has 75 heavy (non-hydrogen) atoms. The van der Waals surface area contributed by atoms with Gasteiger partial charge in [-0.15, -0.1) is 0 Å². The Hall–Kier alpha value is -6.21. The molecule has 26 heteroatoms. The predicted octanol–water partition coefficient (Wildman–Crippen LogP) is 3.58. The number of sulfonamides is 1. The fourth-order valence-electron chi connectivity index (χ4n) is 9.14. The van der Waals surface area contributed by atoms with E-state index in [1.165, 1.54) is 18.2 Å². The molecule has 5 fully saturated rings. The number of carbonyl (C=O) groups excluding carboxylic acids is 4. The van der Waals surface area contributed by atoms with Crippen LogP contribution in [0.3, 0.4) is 0 Å². The summed E-state index contributed by atoms with van der Waals surface area (Å²) in [4.78, 5) is 78.1. The quantitative estimate of drug-likeness (QED) is 0.0451. The van der Waals surface area contributed by atoms with E-state index in [2.05, 4.69) is 14.7 Å². The van der Waals surface area contributed by atoms with Crippen molar-refractivity contribution in [2.45, 2.75) is 88.1 Å². The van der Waals surface area contributed by atoms with Crippen molar-refractivity contribution in [1.29, 1.82) is 0 Å². The lowest BCUT2D eigenvalue weighted by Gasteiger charge is -2.40. The van der Waals surface area contributed by atoms with Gasteiger partial charge in [0, 0.05) is 99.7 Å². The van der Waals surface area contributed by atoms with E-state index in [-0.39, 0.29) is 64.0 Å². The van der Waals surface area contributed by atoms with Gasteiger partial charge in [-0.25, -0.2) is 18.2 Å². The van der Waals surface area contributed by atoms with Crippen LogP contribution in [0.25, 0.3) is 10.9 Å². The van der Waals surface area contributed by atoms with E-state index < -0.39 is 33.7 Å². The van der Waals surface area contributed by atoms with Gasteiger partial charge in [0.15, 0.2) is 5.96 Å². The number of alkyl halides is 3. The van der Waals surface area contributed by atoms with Gasteiger partial charge in [0.25, 0.3) is 0 Å². The number of guanidine groups is 1. The summed E-state index contributed by atoms with van der Waals surface area (Å²) in [5.41, 5.74) is 20.3. The van der Waals surface area contributed by atoms with E-state index in [0.717, 1.165) is 55.9 Å². The molecule has 3 aromatic rings. The third-order valence-electron chi connectivity index (χ3n) is 13.3. The smallest absolute Gasteiger partial charge is 0.487 e. The van der Waals surface area contributed by atoms with Gasteiger partial charge in [-0.3, -0.25) is 24.2 Å². The zero-order valence-corrected chi connectivity index (χ0v) is 43.8. The molecule has 4 aliphatic heterocycles. The number of hydrogen-bond donors (Lipinski definition) is 5. The normalized spacial score (nSPS) is 18.4. The second kappa shape index (κ2) is 23.4. The number of nitrogens with zero attached hydrogens (tertiary/aromatic N) is 7. The largest absolute Gasteiger partial charge is 0.490 e. The van der Waals surface area contributed by atoms with Crippen molar-refractivity contribution in [2.24, 2.45) is 22.2 Å². The molecule has 1 saturated carbocycles. The first-order valence-electron chi connectivity index (χ1n) is 24.4. The number of aliphatic imine (C=N–C) groups is 1. The number of carbonyl (C=O) groups is 5. The molecule has 0 radical (unpaired) electrons. The number of aromatic nitrogens is 1. The minimum atomic E-state index is -5.08. The van der Waals surface area contributed by atoms with Gasteiger partial charge >= 0.3 is 12.1 Å². The second-order valence-electron chi connectivity index (χ2n) is 19.0. The highest BCUT2D eigenvalue weighted by Crippen LogP contribution is 2.38. The lowest BCUT2D eigenvalue weighted by Crippen LogP contribution is -2.62. The second-order valence-corrected chi connectivity index (χ2v) is 21.4. The lowest BCUT2D eigenvalue weighted by atomic mass is 9.96. The number of amides is 2. The number of carboxylic acids is 1. The first-order chi connectivity index (χ1) is 35.4. The Morgan fingerprint density at radius 1 is 0.893 bits per heavy atom. The summed E-state index contributed by atoms with van der Waals surface area (Å²) in [6.45, 7) is 10.8. The third-order valence-corrected chi connectivity index (χ3v) is 15.8. The van der Waals surface area contributed by atoms with E-state index in [4.69, 9.17) is 55.0 Å². The standard InChI is InChI=1S/C35H46Cl2N8O5S.C12H13N3O2.C2HF3O2/c1-22-20-23(2)42-31-24(22)8-7-10-28(31)50-21-25-26(36)11-12-29(30(25)37)51(48,49)43-35(13-4-5-14-35)33(47)45-18-16-44(17-19-45)32(46)27(38)9-3-6-15-41-34(39)40;16-9-7-8(13-1-2-13)12(17)11(15-5-6-15)10(9)14-3-4-14;3-2(4,5)1(6)7/h7-8,10-12,20,27,43H,3-6,9,13-19,21,38H2,1-2H3,(H4,39,40,41);7H,1-6H2;(H,6,7). The van der Waals surface area contributed by atoms with Gasteiger partial charge < -0.3 is 51.5 Å². The number of carboxylic acid groups (broad SMARTS) is 1. The number of hydrogen-bond acceptors (Lipinski definition) is 14. The molecule has 1 unspecified atom stereocenters. The molecule has 4 saturated heterocycles. The van der Waals surface area contributed by atoms with Crippen molar-refractivity contribution in [3.05, 3.63) is 86.4 Å². The van der Waals surface area contributed by atoms with Crippen LogP contribution in [0.5, 0.6) is 5.75 Å². The Bertz CT molecular complexity index is 2930. The number of allylic oxidation sites excluding steroid dienone is 1.